The van der Waals surface area contributed by atoms with E-state index in [4.69, 9.17) is 9.84 Å². The number of benzene rings is 1. The minimum Gasteiger partial charge on any atom is -0.492 e. The van der Waals surface area contributed by atoms with Crippen LogP contribution in [0.2, 0.25) is 0 Å². The SMILES string of the molecule is CCCNCc1cc(C)c(OCC(C)(C)C(=O)O)c(C)c1. The highest BCUT2D eigenvalue weighted by Crippen LogP contribution is 2.27. The highest BCUT2D eigenvalue weighted by molar-refractivity contribution is 5.73. The molecule has 0 saturated heterocycles. The molecule has 0 unspecified atom stereocenters. The molecular formula is C17H27NO3. The molecule has 0 heterocycles. The van der Waals surface area contributed by atoms with Crippen LogP contribution in [0, 0.1) is 19.3 Å². The van der Waals surface area contributed by atoms with Crippen LogP contribution in [-0.2, 0) is 11.3 Å². The summed E-state index contributed by atoms with van der Waals surface area (Å²) in [5.41, 5.74) is 2.43. The zero-order valence-electron chi connectivity index (χ0n) is 13.7. The molecule has 0 atom stereocenters. The Morgan fingerprint density at radius 3 is 2.33 bits per heavy atom. The maximum Gasteiger partial charge on any atom is 0.312 e. The predicted molar refractivity (Wildman–Crippen MR) is 84.8 cm³/mol. The number of aryl methyl sites for hydroxylation is 2. The van der Waals surface area contributed by atoms with Gasteiger partial charge >= 0.3 is 5.97 Å². The van der Waals surface area contributed by atoms with Gasteiger partial charge in [-0.1, -0.05) is 19.1 Å². The van der Waals surface area contributed by atoms with Gasteiger partial charge in [0, 0.05) is 6.54 Å². The van der Waals surface area contributed by atoms with E-state index in [0.29, 0.717) is 0 Å². The largest absolute Gasteiger partial charge is 0.492 e. The highest BCUT2D eigenvalue weighted by Gasteiger charge is 2.28. The van der Waals surface area contributed by atoms with Gasteiger partial charge in [-0.2, -0.15) is 0 Å². The Morgan fingerprint density at radius 2 is 1.86 bits per heavy atom. The molecule has 0 radical (unpaired) electrons. The Balaban J connectivity index is 2.78. The minimum absolute atomic E-state index is 0.164. The maximum absolute atomic E-state index is 11.1. The summed E-state index contributed by atoms with van der Waals surface area (Å²) in [7, 11) is 0. The van der Waals surface area contributed by atoms with Crippen molar-refractivity contribution in [3.05, 3.63) is 28.8 Å². The molecule has 0 aliphatic carbocycles. The first-order valence-corrected chi connectivity index (χ1v) is 7.45. The highest BCUT2D eigenvalue weighted by atomic mass is 16.5. The molecule has 2 N–H and O–H groups in total. The third-order valence-corrected chi connectivity index (χ3v) is 3.43. The first-order chi connectivity index (χ1) is 9.77. The van der Waals surface area contributed by atoms with E-state index in [0.717, 1.165) is 36.4 Å². The average Bonchev–Trinajstić information content (AvgIpc) is 2.37. The van der Waals surface area contributed by atoms with Crippen molar-refractivity contribution in [2.45, 2.75) is 47.6 Å². The van der Waals surface area contributed by atoms with Crippen LogP contribution in [0.4, 0.5) is 0 Å². The normalized spacial score (nSPS) is 11.5. The number of carbonyl (C=O) groups is 1. The predicted octanol–water partition coefficient (Wildman–Crippen LogP) is 3.29. The topological polar surface area (TPSA) is 58.6 Å². The molecule has 0 spiro atoms. The van der Waals surface area contributed by atoms with Crippen LogP contribution in [0.1, 0.15) is 43.9 Å². The molecule has 1 aromatic carbocycles. The van der Waals surface area contributed by atoms with Crippen LogP contribution in [0.3, 0.4) is 0 Å². The standard InChI is InChI=1S/C17H27NO3/c1-6-7-18-10-14-8-12(2)15(13(3)9-14)21-11-17(4,5)16(19)20/h8-9,18H,6-7,10-11H2,1-5H3,(H,19,20). The van der Waals surface area contributed by atoms with Gasteiger partial charge in [0.25, 0.3) is 0 Å². The summed E-state index contributed by atoms with van der Waals surface area (Å²) >= 11 is 0. The third-order valence-electron chi connectivity index (χ3n) is 3.43. The molecule has 0 aliphatic heterocycles. The van der Waals surface area contributed by atoms with Crippen molar-refractivity contribution in [3.63, 3.8) is 0 Å². The van der Waals surface area contributed by atoms with Crippen molar-refractivity contribution in [3.8, 4) is 5.75 Å². The number of ether oxygens (including phenoxy) is 1. The molecular weight excluding hydrogens is 266 g/mol. The molecule has 0 bridgehead atoms. The Morgan fingerprint density at radius 1 is 1.29 bits per heavy atom. The summed E-state index contributed by atoms with van der Waals surface area (Å²) in [5, 5.41) is 12.5. The van der Waals surface area contributed by atoms with Crippen LogP contribution in [0.25, 0.3) is 0 Å². The first kappa shape index (κ1) is 17.5. The Kier molecular flexibility index (Phi) is 6.21. The van der Waals surface area contributed by atoms with Gasteiger partial charge in [-0.05, 0) is 57.4 Å². The number of aliphatic carboxylic acids is 1. The summed E-state index contributed by atoms with van der Waals surface area (Å²) in [5.74, 6) is -0.0539. The summed E-state index contributed by atoms with van der Waals surface area (Å²) in [6, 6.07) is 4.19. The van der Waals surface area contributed by atoms with E-state index in [1.807, 2.05) is 13.8 Å². The second kappa shape index (κ2) is 7.46. The van der Waals surface area contributed by atoms with Crippen LogP contribution in [0.5, 0.6) is 5.75 Å². The number of carboxylic acids is 1. The number of nitrogens with one attached hydrogen (secondary N) is 1. The second-order valence-corrected chi connectivity index (χ2v) is 6.21. The molecule has 118 valence electrons. The lowest BCUT2D eigenvalue weighted by molar-refractivity contribution is -0.148. The molecule has 0 saturated carbocycles. The van der Waals surface area contributed by atoms with Gasteiger partial charge in [-0.15, -0.1) is 0 Å². The van der Waals surface area contributed by atoms with E-state index in [1.165, 1.54) is 5.56 Å². The summed E-state index contributed by atoms with van der Waals surface area (Å²) in [4.78, 5) is 11.1. The molecule has 21 heavy (non-hydrogen) atoms. The Hall–Kier alpha value is -1.55. The summed E-state index contributed by atoms with van der Waals surface area (Å²) in [6.07, 6.45) is 1.11. The van der Waals surface area contributed by atoms with Crippen LogP contribution in [0.15, 0.2) is 12.1 Å². The molecule has 0 fully saturated rings. The van der Waals surface area contributed by atoms with E-state index < -0.39 is 11.4 Å². The molecule has 4 nitrogen and oxygen atoms in total. The van der Waals surface area contributed by atoms with Crippen LogP contribution < -0.4 is 10.1 Å². The maximum atomic E-state index is 11.1. The van der Waals surface area contributed by atoms with Crippen molar-refractivity contribution in [1.29, 1.82) is 0 Å². The lowest BCUT2D eigenvalue weighted by atomic mass is 9.95. The molecule has 0 amide bonds. The van der Waals surface area contributed by atoms with Gasteiger partial charge in [0.2, 0.25) is 0 Å². The lowest BCUT2D eigenvalue weighted by Gasteiger charge is -2.22. The fourth-order valence-electron chi connectivity index (χ4n) is 2.09. The molecule has 4 heteroatoms. The number of carboxylic acid groups (broad SMARTS) is 1. The van der Waals surface area contributed by atoms with Crippen molar-refractivity contribution >= 4 is 5.97 Å². The Bertz CT molecular complexity index is 472. The monoisotopic (exact) mass is 293 g/mol. The average molecular weight is 293 g/mol. The first-order valence-electron chi connectivity index (χ1n) is 7.45. The number of hydrogen-bond donors (Lipinski definition) is 2. The minimum atomic E-state index is -0.889. The van der Waals surface area contributed by atoms with Crippen LogP contribution >= 0.6 is 0 Å². The van der Waals surface area contributed by atoms with Gasteiger partial charge in [0.1, 0.15) is 12.4 Å². The number of hydrogen-bond acceptors (Lipinski definition) is 3. The smallest absolute Gasteiger partial charge is 0.312 e. The zero-order chi connectivity index (χ0) is 16.0. The van der Waals surface area contributed by atoms with Gasteiger partial charge in [0.15, 0.2) is 0 Å². The summed E-state index contributed by atoms with van der Waals surface area (Å²) in [6.45, 7) is 11.5. The molecule has 0 aliphatic rings. The van der Waals surface area contributed by atoms with Crippen molar-refractivity contribution < 1.29 is 14.6 Å². The van der Waals surface area contributed by atoms with Crippen molar-refractivity contribution in [2.24, 2.45) is 5.41 Å². The van der Waals surface area contributed by atoms with E-state index in [9.17, 15) is 4.79 Å². The second-order valence-electron chi connectivity index (χ2n) is 6.21. The van der Waals surface area contributed by atoms with E-state index in [1.54, 1.807) is 13.8 Å². The van der Waals surface area contributed by atoms with E-state index >= 15 is 0 Å². The van der Waals surface area contributed by atoms with Gasteiger partial charge in [-0.3, -0.25) is 4.79 Å². The lowest BCUT2D eigenvalue weighted by Crippen LogP contribution is -2.31. The third kappa shape index (κ3) is 5.05. The van der Waals surface area contributed by atoms with Gasteiger partial charge < -0.3 is 15.2 Å². The molecule has 0 aromatic heterocycles. The fourth-order valence-corrected chi connectivity index (χ4v) is 2.09. The van der Waals surface area contributed by atoms with E-state index in [2.05, 4.69) is 24.4 Å². The van der Waals surface area contributed by atoms with Crippen LogP contribution in [-0.4, -0.2) is 24.2 Å². The van der Waals surface area contributed by atoms with Gasteiger partial charge in [0.05, 0.1) is 5.41 Å². The Labute approximate surface area is 127 Å². The molecule has 1 rings (SSSR count). The van der Waals surface area contributed by atoms with Gasteiger partial charge in [-0.25, -0.2) is 0 Å². The van der Waals surface area contributed by atoms with E-state index in [-0.39, 0.29) is 6.61 Å². The number of rotatable bonds is 8. The quantitative estimate of drug-likeness (QED) is 0.722. The van der Waals surface area contributed by atoms with Crippen molar-refractivity contribution in [2.75, 3.05) is 13.2 Å². The molecule has 1 aromatic rings. The summed E-state index contributed by atoms with van der Waals surface area (Å²) < 4.78 is 5.77. The fraction of sp³-hybridized carbons (Fsp3) is 0.588. The van der Waals surface area contributed by atoms with Crippen molar-refractivity contribution in [1.82, 2.24) is 5.32 Å². The zero-order valence-corrected chi connectivity index (χ0v) is 13.7.